The molecule has 0 spiro atoms. The summed E-state index contributed by atoms with van der Waals surface area (Å²) >= 11 is 7.24. The van der Waals surface area contributed by atoms with Crippen LogP contribution in [0.1, 0.15) is 13.3 Å². The van der Waals surface area contributed by atoms with Crippen molar-refractivity contribution in [1.29, 1.82) is 0 Å². The first-order valence-corrected chi connectivity index (χ1v) is 6.18. The van der Waals surface area contributed by atoms with E-state index in [1.54, 1.807) is 0 Å². The minimum atomic E-state index is 0.0851. The van der Waals surface area contributed by atoms with E-state index < -0.39 is 0 Å². The van der Waals surface area contributed by atoms with Crippen LogP contribution in [-0.4, -0.2) is 9.84 Å². The Bertz CT molecular complexity index is 323. The van der Waals surface area contributed by atoms with E-state index in [2.05, 4.69) is 38.8 Å². The Kier molecular flexibility index (Phi) is 2.64. The molecule has 0 heterocycles. The van der Waals surface area contributed by atoms with Gasteiger partial charge in [-0.2, -0.15) is 0 Å². The van der Waals surface area contributed by atoms with Crippen molar-refractivity contribution < 1.29 is 4.74 Å². The van der Waals surface area contributed by atoms with E-state index in [1.807, 2.05) is 30.3 Å². The lowest BCUT2D eigenvalue weighted by Gasteiger charge is -2.13. The predicted molar refractivity (Wildman–Crippen MR) is 65.2 cm³/mol. The molecule has 76 valence electrons. The minimum Gasteiger partial charge on any atom is -0.493 e. The molecule has 0 aromatic heterocycles. The highest BCUT2D eigenvalue weighted by atomic mass is 79.9. The van der Waals surface area contributed by atoms with Crippen molar-refractivity contribution in [2.45, 2.75) is 16.6 Å². The maximum atomic E-state index is 5.71. The quantitative estimate of drug-likeness (QED) is 0.766. The fourth-order valence-electron chi connectivity index (χ4n) is 1.36. The molecule has 0 radical (unpaired) electrons. The van der Waals surface area contributed by atoms with Crippen LogP contribution in [0.15, 0.2) is 30.3 Å². The first-order valence-electron chi connectivity index (χ1n) is 4.59. The SMILES string of the molecule is CC1(COc2ccccc2)CC1(Br)Br. The number of alkyl halides is 2. The van der Waals surface area contributed by atoms with Crippen molar-refractivity contribution >= 4 is 31.9 Å². The molecule has 1 aromatic carbocycles. The van der Waals surface area contributed by atoms with Gasteiger partial charge in [-0.1, -0.05) is 57.0 Å². The third kappa shape index (κ3) is 1.98. The van der Waals surface area contributed by atoms with Crippen LogP contribution in [0, 0.1) is 5.41 Å². The number of rotatable bonds is 3. The molecule has 0 aliphatic heterocycles. The number of halogens is 2. The zero-order valence-electron chi connectivity index (χ0n) is 7.97. The van der Waals surface area contributed by atoms with Crippen molar-refractivity contribution in [2.24, 2.45) is 5.41 Å². The van der Waals surface area contributed by atoms with E-state index in [0.717, 1.165) is 18.8 Å². The first-order chi connectivity index (χ1) is 6.54. The Morgan fingerprint density at radius 2 is 1.86 bits per heavy atom. The van der Waals surface area contributed by atoms with Crippen LogP contribution in [-0.2, 0) is 0 Å². The van der Waals surface area contributed by atoms with E-state index in [-0.39, 0.29) is 8.65 Å². The normalized spacial score (nSPS) is 28.5. The van der Waals surface area contributed by atoms with Crippen molar-refractivity contribution in [1.82, 2.24) is 0 Å². The van der Waals surface area contributed by atoms with Crippen LogP contribution in [0.5, 0.6) is 5.75 Å². The molecule has 14 heavy (non-hydrogen) atoms. The third-order valence-corrected chi connectivity index (χ3v) is 5.15. The molecule has 0 N–H and O–H groups in total. The highest BCUT2D eigenvalue weighted by Gasteiger charge is 2.62. The molecule has 0 amide bonds. The molecule has 3 heteroatoms. The molecule has 2 rings (SSSR count). The van der Waals surface area contributed by atoms with Gasteiger partial charge in [-0.15, -0.1) is 0 Å². The summed E-state index contributed by atoms with van der Waals surface area (Å²) < 4.78 is 5.79. The fourth-order valence-corrected chi connectivity index (χ4v) is 2.83. The molecule has 1 unspecified atom stereocenters. The van der Waals surface area contributed by atoms with Crippen molar-refractivity contribution in [3.05, 3.63) is 30.3 Å². The number of benzene rings is 1. The predicted octanol–water partition coefficient (Wildman–Crippen LogP) is 3.96. The lowest BCUT2D eigenvalue weighted by Crippen LogP contribution is -2.14. The molecule has 1 saturated carbocycles. The van der Waals surface area contributed by atoms with Gasteiger partial charge in [-0.3, -0.25) is 0 Å². The number of para-hydroxylation sites is 1. The van der Waals surface area contributed by atoms with Crippen LogP contribution in [0.4, 0.5) is 0 Å². The highest BCUT2D eigenvalue weighted by molar-refractivity contribution is 9.25. The second-order valence-electron chi connectivity index (χ2n) is 4.04. The number of ether oxygens (including phenoxy) is 1. The Morgan fingerprint density at radius 3 is 2.36 bits per heavy atom. The molecular weight excluding hydrogens is 308 g/mol. The molecule has 1 nitrogen and oxygen atoms in total. The van der Waals surface area contributed by atoms with Gasteiger partial charge in [0.2, 0.25) is 0 Å². The maximum absolute atomic E-state index is 5.71. The first kappa shape index (κ1) is 10.5. The van der Waals surface area contributed by atoms with Gasteiger partial charge in [-0.05, 0) is 18.6 Å². The minimum absolute atomic E-state index is 0.0851. The average molecular weight is 320 g/mol. The Labute approximate surface area is 101 Å². The summed E-state index contributed by atoms with van der Waals surface area (Å²) in [6.07, 6.45) is 1.10. The van der Waals surface area contributed by atoms with Crippen LogP contribution in [0.2, 0.25) is 0 Å². The van der Waals surface area contributed by atoms with Crippen molar-refractivity contribution in [3.8, 4) is 5.75 Å². The summed E-state index contributed by atoms with van der Waals surface area (Å²) in [6, 6.07) is 9.93. The summed E-state index contributed by atoms with van der Waals surface area (Å²) in [5.74, 6) is 0.941. The summed E-state index contributed by atoms with van der Waals surface area (Å²) in [6.45, 7) is 2.95. The maximum Gasteiger partial charge on any atom is 0.119 e. The summed E-state index contributed by atoms with van der Waals surface area (Å²) in [4.78, 5) is 0. The van der Waals surface area contributed by atoms with Gasteiger partial charge in [-0.25, -0.2) is 0 Å². The van der Waals surface area contributed by atoms with E-state index >= 15 is 0 Å². The third-order valence-electron chi connectivity index (χ3n) is 2.67. The average Bonchev–Trinajstić information content (AvgIpc) is 2.65. The Balaban J connectivity index is 1.91. The number of hydrogen-bond acceptors (Lipinski definition) is 1. The summed E-state index contributed by atoms with van der Waals surface area (Å²) in [7, 11) is 0. The zero-order valence-corrected chi connectivity index (χ0v) is 11.1. The lowest BCUT2D eigenvalue weighted by molar-refractivity contribution is 0.247. The van der Waals surface area contributed by atoms with Crippen LogP contribution >= 0.6 is 31.9 Å². The Hall–Kier alpha value is -0.0200. The van der Waals surface area contributed by atoms with E-state index in [9.17, 15) is 0 Å². The van der Waals surface area contributed by atoms with Gasteiger partial charge in [0.1, 0.15) is 5.75 Å². The number of hydrogen-bond donors (Lipinski definition) is 0. The molecule has 1 aromatic rings. The molecule has 1 fully saturated rings. The van der Waals surface area contributed by atoms with Crippen molar-refractivity contribution in [2.75, 3.05) is 6.61 Å². The standard InChI is InChI=1S/C11H12Br2O/c1-10(7-11(10,12)13)8-14-9-5-3-2-4-6-9/h2-6H,7-8H2,1H3. The van der Waals surface area contributed by atoms with E-state index in [1.165, 1.54) is 0 Å². The zero-order chi connectivity index (χ0) is 10.2. The topological polar surface area (TPSA) is 9.23 Å². The summed E-state index contributed by atoms with van der Waals surface area (Å²) in [5.41, 5.74) is 0.211. The lowest BCUT2D eigenvalue weighted by atomic mass is 10.2. The largest absolute Gasteiger partial charge is 0.493 e. The van der Waals surface area contributed by atoms with Crippen LogP contribution in [0.25, 0.3) is 0 Å². The van der Waals surface area contributed by atoms with Gasteiger partial charge in [0.25, 0.3) is 0 Å². The van der Waals surface area contributed by atoms with Gasteiger partial charge >= 0.3 is 0 Å². The van der Waals surface area contributed by atoms with E-state index in [4.69, 9.17) is 4.74 Å². The molecule has 0 saturated heterocycles. The molecule has 1 aliphatic carbocycles. The second-order valence-corrected chi connectivity index (χ2v) is 7.82. The molecule has 1 aliphatic rings. The second kappa shape index (κ2) is 3.53. The molecular formula is C11H12Br2O. The fraction of sp³-hybridized carbons (Fsp3) is 0.455. The van der Waals surface area contributed by atoms with Gasteiger partial charge in [0.15, 0.2) is 0 Å². The Morgan fingerprint density at radius 1 is 1.29 bits per heavy atom. The van der Waals surface area contributed by atoms with Gasteiger partial charge in [0, 0.05) is 5.41 Å². The smallest absolute Gasteiger partial charge is 0.119 e. The summed E-state index contributed by atoms with van der Waals surface area (Å²) in [5, 5.41) is 0. The van der Waals surface area contributed by atoms with Gasteiger partial charge < -0.3 is 4.74 Å². The molecule has 0 bridgehead atoms. The highest BCUT2D eigenvalue weighted by Crippen LogP contribution is 2.66. The van der Waals surface area contributed by atoms with E-state index in [0.29, 0.717) is 0 Å². The van der Waals surface area contributed by atoms with Crippen molar-refractivity contribution in [3.63, 3.8) is 0 Å². The monoisotopic (exact) mass is 318 g/mol. The molecule has 1 atom stereocenters. The van der Waals surface area contributed by atoms with Gasteiger partial charge in [0.05, 0.1) is 9.84 Å². The van der Waals surface area contributed by atoms with Crippen LogP contribution < -0.4 is 4.74 Å². The van der Waals surface area contributed by atoms with Crippen LogP contribution in [0.3, 0.4) is 0 Å².